The second-order valence-electron chi connectivity index (χ2n) is 5.48. The van der Waals surface area contributed by atoms with Crippen LogP contribution in [0.15, 0.2) is 65.7 Å². The normalized spacial score (nSPS) is 21.6. The zero-order chi connectivity index (χ0) is 13.9. The van der Waals surface area contributed by atoms with Crippen LogP contribution in [0, 0.1) is 5.92 Å². The molecule has 1 heterocycles. The lowest BCUT2D eigenvalue weighted by atomic mass is 9.94. The zero-order valence-corrected chi connectivity index (χ0v) is 11.9. The number of ether oxygens (including phenoxy) is 1. The van der Waals surface area contributed by atoms with Crippen molar-refractivity contribution in [1.82, 2.24) is 0 Å². The largest absolute Gasteiger partial charge is 0.467 e. The van der Waals surface area contributed by atoms with E-state index in [0.29, 0.717) is 5.92 Å². The molecule has 0 fully saturated rings. The molecule has 2 nitrogen and oxygen atoms in total. The van der Waals surface area contributed by atoms with E-state index in [4.69, 9.17) is 9.73 Å². The Morgan fingerprint density at radius 2 is 1.50 bits per heavy atom. The van der Waals surface area contributed by atoms with Crippen LogP contribution in [0.3, 0.4) is 0 Å². The van der Waals surface area contributed by atoms with Crippen LogP contribution in [-0.2, 0) is 4.74 Å². The Kier molecular flexibility index (Phi) is 3.55. The van der Waals surface area contributed by atoms with Crippen molar-refractivity contribution in [3.8, 4) is 0 Å². The Balaban J connectivity index is 1.92. The van der Waals surface area contributed by atoms with Gasteiger partial charge in [0.25, 0.3) is 0 Å². The molecule has 102 valence electrons. The summed E-state index contributed by atoms with van der Waals surface area (Å²) < 4.78 is 6.16. The van der Waals surface area contributed by atoms with Gasteiger partial charge in [0.05, 0.1) is 6.04 Å². The fraction of sp³-hybridized carbons (Fsp3) is 0.278. The molecule has 0 saturated heterocycles. The van der Waals surface area contributed by atoms with E-state index in [1.54, 1.807) is 0 Å². The third kappa shape index (κ3) is 2.46. The van der Waals surface area contributed by atoms with Crippen molar-refractivity contribution in [2.24, 2.45) is 10.9 Å². The number of aliphatic imine (C=N–C) groups is 1. The van der Waals surface area contributed by atoms with Crippen molar-refractivity contribution in [3.63, 3.8) is 0 Å². The molecule has 3 rings (SSSR count). The first-order chi connectivity index (χ1) is 9.75. The molecule has 0 N–H and O–H groups in total. The average Bonchev–Trinajstić information content (AvgIpc) is 2.94. The van der Waals surface area contributed by atoms with Gasteiger partial charge in [-0.3, -0.25) is 0 Å². The van der Waals surface area contributed by atoms with E-state index in [1.807, 2.05) is 36.4 Å². The first-order valence-electron chi connectivity index (χ1n) is 7.10. The van der Waals surface area contributed by atoms with Crippen LogP contribution in [0.2, 0.25) is 0 Å². The SMILES string of the molecule is CC(C)[C@H]1N=C(c2ccccc2)O[C@@H]1c1ccccc1. The van der Waals surface area contributed by atoms with Crippen molar-refractivity contribution in [2.45, 2.75) is 26.0 Å². The van der Waals surface area contributed by atoms with E-state index < -0.39 is 0 Å². The average molecular weight is 265 g/mol. The van der Waals surface area contributed by atoms with Gasteiger partial charge >= 0.3 is 0 Å². The van der Waals surface area contributed by atoms with Gasteiger partial charge < -0.3 is 4.74 Å². The van der Waals surface area contributed by atoms with Crippen LogP contribution in [0.5, 0.6) is 0 Å². The summed E-state index contributed by atoms with van der Waals surface area (Å²) in [7, 11) is 0. The summed E-state index contributed by atoms with van der Waals surface area (Å²) in [4.78, 5) is 4.81. The number of hydrogen-bond acceptors (Lipinski definition) is 2. The summed E-state index contributed by atoms with van der Waals surface area (Å²) in [6, 6.07) is 20.7. The quantitative estimate of drug-likeness (QED) is 0.814. The number of rotatable bonds is 3. The van der Waals surface area contributed by atoms with Gasteiger partial charge in [0, 0.05) is 5.56 Å². The van der Waals surface area contributed by atoms with Gasteiger partial charge in [-0.2, -0.15) is 0 Å². The van der Waals surface area contributed by atoms with Crippen LogP contribution in [-0.4, -0.2) is 11.9 Å². The lowest BCUT2D eigenvalue weighted by Gasteiger charge is -2.20. The smallest absolute Gasteiger partial charge is 0.217 e. The van der Waals surface area contributed by atoms with E-state index in [9.17, 15) is 0 Å². The topological polar surface area (TPSA) is 21.6 Å². The van der Waals surface area contributed by atoms with Gasteiger partial charge in [-0.05, 0) is 23.6 Å². The molecule has 0 bridgehead atoms. The maximum absolute atomic E-state index is 6.16. The molecule has 20 heavy (non-hydrogen) atoms. The zero-order valence-electron chi connectivity index (χ0n) is 11.9. The van der Waals surface area contributed by atoms with Crippen LogP contribution in [0.1, 0.15) is 31.1 Å². The summed E-state index contributed by atoms with van der Waals surface area (Å²) in [6.07, 6.45) is 0.0198. The summed E-state index contributed by atoms with van der Waals surface area (Å²) in [5, 5.41) is 0. The molecule has 2 atom stereocenters. The molecule has 0 amide bonds. The van der Waals surface area contributed by atoms with Gasteiger partial charge in [-0.15, -0.1) is 0 Å². The number of hydrogen-bond donors (Lipinski definition) is 0. The summed E-state index contributed by atoms with van der Waals surface area (Å²) >= 11 is 0. The molecule has 0 spiro atoms. The highest BCUT2D eigenvalue weighted by molar-refractivity contribution is 5.95. The first-order valence-corrected chi connectivity index (χ1v) is 7.10. The molecular formula is C18H19NO. The van der Waals surface area contributed by atoms with E-state index in [0.717, 1.165) is 11.5 Å². The van der Waals surface area contributed by atoms with Gasteiger partial charge in [-0.25, -0.2) is 4.99 Å². The summed E-state index contributed by atoms with van der Waals surface area (Å²) in [5.74, 6) is 1.21. The maximum atomic E-state index is 6.16. The van der Waals surface area contributed by atoms with Crippen molar-refractivity contribution in [1.29, 1.82) is 0 Å². The van der Waals surface area contributed by atoms with Crippen LogP contribution >= 0.6 is 0 Å². The van der Waals surface area contributed by atoms with Gasteiger partial charge in [0.2, 0.25) is 5.90 Å². The highest BCUT2D eigenvalue weighted by Crippen LogP contribution is 2.34. The maximum Gasteiger partial charge on any atom is 0.217 e. The van der Waals surface area contributed by atoms with E-state index in [-0.39, 0.29) is 12.1 Å². The Morgan fingerprint density at radius 1 is 0.900 bits per heavy atom. The van der Waals surface area contributed by atoms with Gasteiger partial charge in [0.15, 0.2) is 0 Å². The third-order valence-electron chi connectivity index (χ3n) is 3.65. The first kappa shape index (κ1) is 12.9. The molecular weight excluding hydrogens is 246 g/mol. The lowest BCUT2D eigenvalue weighted by Crippen LogP contribution is -2.19. The minimum Gasteiger partial charge on any atom is -0.467 e. The van der Waals surface area contributed by atoms with Crippen molar-refractivity contribution < 1.29 is 4.74 Å². The molecule has 0 aromatic heterocycles. The summed E-state index contributed by atoms with van der Waals surface area (Å²) in [5.41, 5.74) is 2.25. The van der Waals surface area contributed by atoms with E-state index >= 15 is 0 Å². The molecule has 0 saturated carbocycles. The Hall–Kier alpha value is -2.09. The van der Waals surface area contributed by atoms with Crippen LogP contribution < -0.4 is 0 Å². The van der Waals surface area contributed by atoms with E-state index in [2.05, 4.69) is 38.1 Å². The molecule has 2 aromatic carbocycles. The highest BCUT2D eigenvalue weighted by Gasteiger charge is 2.34. The Labute approximate surface area is 120 Å². The van der Waals surface area contributed by atoms with Gasteiger partial charge in [-0.1, -0.05) is 62.4 Å². The fourth-order valence-electron chi connectivity index (χ4n) is 2.55. The molecule has 2 aromatic rings. The molecule has 0 radical (unpaired) electrons. The van der Waals surface area contributed by atoms with Gasteiger partial charge in [0.1, 0.15) is 6.10 Å². The third-order valence-corrected chi connectivity index (χ3v) is 3.65. The number of benzene rings is 2. The molecule has 1 aliphatic heterocycles. The highest BCUT2D eigenvalue weighted by atomic mass is 16.5. The molecule has 0 unspecified atom stereocenters. The van der Waals surface area contributed by atoms with Crippen LogP contribution in [0.25, 0.3) is 0 Å². The Morgan fingerprint density at radius 3 is 2.10 bits per heavy atom. The Bertz CT molecular complexity index is 589. The molecule has 0 aliphatic carbocycles. The van der Waals surface area contributed by atoms with Crippen molar-refractivity contribution in [3.05, 3.63) is 71.8 Å². The minimum absolute atomic E-state index is 0.0198. The molecule has 2 heteroatoms. The predicted octanol–water partition coefficient (Wildman–Crippen LogP) is 4.23. The second kappa shape index (κ2) is 5.49. The monoisotopic (exact) mass is 265 g/mol. The summed E-state index contributed by atoms with van der Waals surface area (Å²) in [6.45, 7) is 4.39. The fourth-order valence-corrected chi connectivity index (χ4v) is 2.55. The van der Waals surface area contributed by atoms with Crippen LogP contribution in [0.4, 0.5) is 0 Å². The van der Waals surface area contributed by atoms with Crippen molar-refractivity contribution in [2.75, 3.05) is 0 Å². The lowest BCUT2D eigenvalue weighted by molar-refractivity contribution is 0.175. The number of nitrogens with zero attached hydrogens (tertiary/aromatic N) is 1. The standard InChI is InChI=1S/C18H19NO/c1-13(2)16-17(14-9-5-3-6-10-14)20-18(19-16)15-11-7-4-8-12-15/h3-13,16-17H,1-2H3/t16-,17-/m1/s1. The molecule has 1 aliphatic rings. The predicted molar refractivity (Wildman–Crippen MR) is 81.9 cm³/mol. The second-order valence-corrected chi connectivity index (χ2v) is 5.48. The minimum atomic E-state index is 0.0198. The van der Waals surface area contributed by atoms with E-state index in [1.165, 1.54) is 5.56 Å². The van der Waals surface area contributed by atoms with Crippen molar-refractivity contribution >= 4 is 5.90 Å².